The Morgan fingerprint density at radius 3 is 2.53 bits per heavy atom. The average molecular weight is 252 g/mol. The van der Waals surface area contributed by atoms with Gasteiger partial charge in [-0.05, 0) is 45.4 Å². The Bertz CT molecular complexity index is 436. The molecule has 0 radical (unpaired) electrons. The number of aromatic nitrogens is 2. The van der Waals surface area contributed by atoms with Gasteiger partial charge < -0.3 is 5.32 Å². The summed E-state index contributed by atoms with van der Waals surface area (Å²) >= 11 is 6.05. The van der Waals surface area contributed by atoms with E-state index < -0.39 is 0 Å². The molecule has 2 aliphatic rings. The van der Waals surface area contributed by atoms with E-state index in [1.807, 2.05) is 6.07 Å². The molecule has 0 aliphatic heterocycles. The van der Waals surface area contributed by atoms with Gasteiger partial charge in [-0.15, -0.1) is 0 Å². The smallest absolute Gasteiger partial charge is 0.135 e. The van der Waals surface area contributed by atoms with Gasteiger partial charge in [0.25, 0.3) is 0 Å². The first kappa shape index (κ1) is 11.3. The molecular formula is C13H18ClN3. The first-order valence-corrected chi connectivity index (χ1v) is 6.75. The quantitative estimate of drug-likeness (QED) is 0.831. The number of rotatable bonds is 4. The average Bonchev–Trinajstić information content (AvgIpc) is 3.09. The second kappa shape index (κ2) is 3.84. The van der Waals surface area contributed by atoms with Crippen molar-refractivity contribution in [3.8, 4) is 0 Å². The van der Waals surface area contributed by atoms with Gasteiger partial charge in [-0.25, -0.2) is 9.97 Å². The maximum absolute atomic E-state index is 6.05. The zero-order chi connectivity index (χ0) is 12.0. The van der Waals surface area contributed by atoms with Crippen LogP contribution in [0.1, 0.15) is 51.3 Å². The van der Waals surface area contributed by atoms with Crippen molar-refractivity contribution in [1.82, 2.24) is 9.97 Å². The lowest BCUT2D eigenvalue weighted by atomic mass is 9.99. The fourth-order valence-electron chi connectivity index (χ4n) is 2.26. The molecular weight excluding hydrogens is 234 g/mol. The molecule has 92 valence electrons. The lowest BCUT2D eigenvalue weighted by molar-refractivity contribution is 0.492. The Morgan fingerprint density at radius 1 is 1.24 bits per heavy atom. The Hall–Kier alpha value is -0.830. The molecule has 1 aromatic rings. The topological polar surface area (TPSA) is 37.8 Å². The van der Waals surface area contributed by atoms with Gasteiger partial charge >= 0.3 is 0 Å². The van der Waals surface area contributed by atoms with E-state index in [9.17, 15) is 0 Å². The van der Waals surface area contributed by atoms with Gasteiger partial charge in [-0.1, -0.05) is 11.6 Å². The van der Waals surface area contributed by atoms with Crippen LogP contribution in [0.25, 0.3) is 0 Å². The largest absolute Gasteiger partial charge is 0.365 e. The second-order valence-corrected chi connectivity index (χ2v) is 6.22. The summed E-state index contributed by atoms with van der Waals surface area (Å²) in [5.41, 5.74) is 0.110. The van der Waals surface area contributed by atoms with Gasteiger partial charge in [0.15, 0.2) is 0 Å². The van der Waals surface area contributed by atoms with E-state index in [4.69, 9.17) is 11.6 Å². The Labute approximate surface area is 107 Å². The molecule has 2 aliphatic carbocycles. The van der Waals surface area contributed by atoms with Crippen molar-refractivity contribution in [3.63, 3.8) is 0 Å². The highest BCUT2D eigenvalue weighted by Crippen LogP contribution is 2.42. The molecule has 3 rings (SSSR count). The highest BCUT2D eigenvalue weighted by Gasteiger charge is 2.38. The maximum Gasteiger partial charge on any atom is 0.135 e. The Morgan fingerprint density at radius 2 is 1.94 bits per heavy atom. The van der Waals surface area contributed by atoms with Crippen LogP contribution in [0.3, 0.4) is 0 Å². The predicted octanol–water partition coefficient (Wildman–Crippen LogP) is 3.61. The molecule has 0 spiro atoms. The molecule has 0 amide bonds. The van der Waals surface area contributed by atoms with E-state index >= 15 is 0 Å². The molecule has 4 heteroatoms. The van der Waals surface area contributed by atoms with Gasteiger partial charge in [0.1, 0.15) is 16.8 Å². The molecule has 0 bridgehead atoms. The van der Waals surface area contributed by atoms with Crippen molar-refractivity contribution < 1.29 is 0 Å². The fourth-order valence-corrected chi connectivity index (χ4v) is 2.45. The van der Waals surface area contributed by atoms with E-state index in [-0.39, 0.29) is 5.54 Å². The first-order chi connectivity index (χ1) is 8.04. The van der Waals surface area contributed by atoms with Gasteiger partial charge in [0.05, 0.1) is 0 Å². The summed E-state index contributed by atoms with van der Waals surface area (Å²) in [7, 11) is 0. The van der Waals surface area contributed by atoms with Crippen molar-refractivity contribution >= 4 is 17.4 Å². The zero-order valence-corrected chi connectivity index (χ0v) is 11.1. The highest BCUT2D eigenvalue weighted by molar-refractivity contribution is 6.29. The Balaban J connectivity index is 1.81. The summed E-state index contributed by atoms with van der Waals surface area (Å²) < 4.78 is 0. The van der Waals surface area contributed by atoms with Crippen LogP contribution in [0.15, 0.2) is 6.07 Å². The van der Waals surface area contributed by atoms with E-state index in [0.717, 1.165) is 17.6 Å². The minimum atomic E-state index is 0.110. The number of nitrogens with one attached hydrogen (secondary N) is 1. The summed E-state index contributed by atoms with van der Waals surface area (Å²) in [4.78, 5) is 8.88. The summed E-state index contributed by atoms with van der Waals surface area (Å²) in [5, 5.41) is 4.06. The predicted molar refractivity (Wildman–Crippen MR) is 69.4 cm³/mol. The number of halogens is 1. The summed E-state index contributed by atoms with van der Waals surface area (Å²) in [5.74, 6) is 3.09. The van der Waals surface area contributed by atoms with Crippen molar-refractivity contribution in [2.24, 2.45) is 5.92 Å². The van der Waals surface area contributed by atoms with Crippen molar-refractivity contribution in [2.45, 2.75) is 51.0 Å². The van der Waals surface area contributed by atoms with Gasteiger partial charge in [-0.2, -0.15) is 0 Å². The minimum Gasteiger partial charge on any atom is -0.365 e. The van der Waals surface area contributed by atoms with Gasteiger partial charge in [0.2, 0.25) is 0 Å². The third-order valence-corrected chi connectivity index (χ3v) is 3.90. The van der Waals surface area contributed by atoms with Crippen LogP contribution >= 0.6 is 11.6 Å². The van der Waals surface area contributed by atoms with Crippen LogP contribution in [0.2, 0.25) is 5.15 Å². The van der Waals surface area contributed by atoms with Gasteiger partial charge in [-0.3, -0.25) is 0 Å². The molecule has 0 aromatic carbocycles. The number of hydrogen-bond acceptors (Lipinski definition) is 3. The maximum atomic E-state index is 6.05. The summed E-state index contributed by atoms with van der Waals surface area (Å²) in [6.45, 7) is 4.47. The lowest BCUT2D eigenvalue weighted by Crippen LogP contribution is -2.33. The lowest BCUT2D eigenvalue weighted by Gasteiger charge is -2.27. The first-order valence-electron chi connectivity index (χ1n) is 6.37. The number of nitrogens with zero attached hydrogens (tertiary/aromatic N) is 2. The molecule has 1 N–H and O–H groups in total. The molecule has 17 heavy (non-hydrogen) atoms. The van der Waals surface area contributed by atoms with Crippen molar-refractivity contribution in [1.29, 1.82) is 0 Å². The molecule has 0 unspecified atom stereocenters. The van der Waals surface area contributed by atoms with Crippen LogP contribution in [0, 0.1) is 5.92 Å². The second-order valence-electron chi connectivity index (χ2n) is 5.83. The molecule has 0 atom stereocenters. The van der Waals surface area contributed by atoms with Crippen molar-refractivity contribution in [3.05, 3.63) is 17.0 Å². The van der Waals surface area contributed by atoms with E-state index in [1.165, 1.54) is 25.7 Å². The van der Waals surface area contributed by atoms with Crippen LogP contribution in [0.5, 0.6) is 0 Å². The zero-order valence-electron chi connectivity index (χ0n) is 10.3. The van der Waals surface area contributed by atoms with Gasteiger partial charge in [0, 0.05) is 17.5 Å². The fraction of sp³-hybridized carbons (Fsp3) is 0.692. The monoisotopic (exact) mass is 251 g/mol. The third-order valence-electron chi connectivity index (χ3n) is 3.70. The van der Waals surface area contributed by atoms with Crippen LogP contribution in [0.4, 0.5) is 5.82 Å². The van der Waals surface area contributed by atoms with Crippen LogP contribution < -0.4 is 5.32 Å². The standard InChI is InChI=1S/C13H18ClN3/c1-13(2,9-5-6-9)17-11-7-10(14)15-12(16-11)8-3-4-8/h7-9H,3-6H2,1-2H3,(H,15,16,17). The summed E-state index contributed by atoms with van der Waals surface area (Å²) in [6, 6.07) is 1.83. The van der Waals surface area contributed by atoms with Crippen molar-refractivity contribution in [2.75, 3.05) is 5.32 Å². The molecule has 0 saturated heterocycles. The highest BCUT2D eigenvalue weighted by atomic mass is 35.5. The molecule has 2 saturated carbocycles. The molecule has 3 nitrogen and oxygen atoms in total. The van der Waals surface area contributed by atoms with Crippen LogP contribution in [-0.2, 0) is 0 Å². The minimum absolute atomic E-state index is 0.110. The number of anilines is 1. The van der Waals surface area contributed by atoms with E-state index in [0.29, 0.717) is 11.1 Å². The molecule has 1 heterocycles. The van der Waals surface area contributed by atoms with E-state index in [2.05, 4.69) is 29.1 Å². The SMILES string of the molecule is CC(C)(Nc1cc(Cl)nc(C2CC2)n1)C1CC1. The Kier molecular flexibility index (Phi) is 2.54. The van der Waals surface area contributed by atoms with Crippen LogP contribution in [-0.4, -0.2) is 15.5 Å². The normalized spacial score (nSPS) is 20.4. The summed E-state index contributed by atoms with van der Waals surface area (Å²) in [6.07, 6.45) is 5.03. The third kappa shape index (κ3) is 2.54. The molecule has 2 fully saturated rings. The molecule has 1 aromatic heterocycles. The number of hydrogen-bond donors (Lipinski definition) is 1. The van der Waals surface area contributed by atoms with E-state index in [1.54, 1.807) is 0 Å².